The summed E-state index contributed by atoms with van der Waals surface area (Å²) < 4.78 is 14.5. The second-order valence-electron chi connectivity index (χ2n) is 7.29. The summed E-state index contributed by atoms with van der Waals surface area (Å²) in [5.74, 6) is 0. The zero-order valence-corrected chi connectivity index (χ0v) is 23.4. The standard InChI is InChI=1S/C20H43O4P.2Na/c1-2-3-4-5-6-7-8-9-10-11-12-13-14-15-16-17-18-19-20-24-25(21,22)23;;/h2-20H2,1H3,(H2,21,22,23);;/q;2*+1/p-2. The molecule has 0 aliphatic heterocycles. The molecule has 0 aliphatic rings. The molecule has 0 heterocycles. The molecule has 0 unspecified atom stereocenters. The summed E-state index contributed by atoms with van der Waals surface area (Å²) in [6.07, 6.45) is 23.3. The molecule has 0 aromatic rings. The molecule has 0 bridgehead atoms. The van der Waals surface area contributed by atoms with Gasteiger partial charge in [0.25, 0.3) is 0 Å². The molecule has 0 aliphatic carbocycles. The van der Waals surface area contributed by atoms with E-state index in [-0.39, 0.29) is 65.7 Å². The fourth-order valence-corrected chi connectivity index (χ4v) is 3.53. The first-order chi connectivity index (χ1) is 12.1. The second kappa shape index (κ2) is 26.1. The Morgan fingerprint density at radius 1 is 0.556 bits per heavy atom. The summed E-state index contributed by atoms with van der Waals surface area (Å²) in [5.41, 5.74) is 0. The van der Waals surface area contributed by atoms with Crippen molar-refractivity contribution in [1.29, 1.82) is 0 Å². The third-order valence-electron chi connectivity index (χ3n) is 4.75. The third-order valence-corrected chi connectivity index (χ3v) is 5.25. The van der Waals surface area contributed by atoms with Gasteiger partial charge in [-0.15, -0.1) is 0 Å². The summed E-state index contributed by atoms with van der Waals surface area (Å²) in [6.45, 7) is 2.31. The SMILES string of the molecule is CCCCCCCCCCCCCCCCCCCCOP(=O)([O-])[O-].[Na+].[Na+]. The molecule has 0 rings (SSSR count). The maximum Gasteiger partial charge on any atom is 1.00 e. The molecule has 0 aromatic heterocycles. The quantitative estimate of drug-likeness (QED) is 0.156. The van der Waals surface area contributed by atoms with Crippen LogP contribution in [0.25, 0.3) is 0 Å². The van der Waals surface area contributed by atoms with E-state index in [1.165, 1.54) is 96.3 Å². The predicted octanol–water partition coefficient (Wildman–Crippen LogP) is -0.119. The number of phosphoric ester groups is 1. The van der Waals surface area contributed by atoms with E-state index in [0.717, 1.165) is 12.8 Å². The van der Waals surface area contributed by atoms with Crippen LogP contribution in [0, 0.1) is 0 Å². The molecule has 152 valence electrons. The van der Waals surface area contributed by atoms with Crippen molar-refractivity contribution in [2.45, 2.75) is 122 Å². The van der Waals surface area contributed by atoms with Gasteiger partial charge in [-0.05, 0) is 6.42 Å². The van der Waals surface area contributed by atoms with Gasteiger partial charge in [0.05, 0.1) is 14.4 Å². The molecule has 7 heteroatoms. The average Bonchev–Trinajstić information content (AvgIpc) is 2.56. The molecule has 0 fully saturated rings. The van der Waals surface area contributed by atoms with Crippen LogP contribution in [0.4, 0.5) is 0 Å². The molecule has 0 saturated carbocycles. The molecule has 0 N–H and O–H groups in total. The van der Waals surface area contributed by atoms with E-state index in [2.05, 4.69) is 11.4 Å². The van der Waals surface area contributed by atoms with Crippen LogP contribution < -0.4 is 68.9 Å². The Morgan fingerprint density at radius 3 is 1.07 bits per heavy atom. The fraction of sp³-hybridized carbons (Fsp3) is 1.00. The maximum absolute atomic E-state index is 10.3. The molecule has 0 aromatic carbocycles. The Morgan fingerprint density at radius 2 is 0.815 bits per heavy atom. The van der Waals surface area contributed by atoms with Crippen molar-refractivity contribution in [3.8, 4) is 0 Å². The zero-order valence-electron chi connectivity index (χ0n) is 18.5. The number of hydrogen-bond acceptors (Lipinski definition) is 4. The Kier molecular flexibility index (Phi) is 32.7. The first-order valence-corrected chi connectivity index (χ1v) is 12.2. The topological polar surface area (TPSA) is 72.4 Å². The van der Waals surface area contributed by atoms with Gasteiger partial charge < -0.3 is 18.9 Å². The van der Waals surface area contributed by atoms with E-state index < -0.39 is 7.82 Å². The minimum absolute atomic E-state index is 0. The van der Waals surface area contributed by atoms with Gasteiger partial charge in [0.2, 0.25) is 0 Å². The van der Waals surface area contributed by atoms with Gasteiger partial charge in [0, 0.05) is 0 Å². The minimum atomic E-state index is -4.76. The normalized spacial score (nSPS) is 11.1. The number of unbranched alkanes of at least 4 members (excludes halogenated alkanes) is 17. The molecule has 0 radical (unpaired) electrons. The molecular formula is C20H41Na2O4P. The van der Waals surface area contributed by atoms with E-state index in [4.69, 9.17) is 0 Å². The van der Waals surface area contributed by atoms with Crippen LogP contribution in [0.2, 0.25) is 0 Å². The Balaban J connectivity index is -0.00000288. The van der Waals surface area contributed by atoms with Crippen molar-refractivity contribution in [2.75, 3.05) is 6.61 Å². The maximum atomic E-state index is 10.3. The van der Waals surface area contributed by atoms with Gasteiger partial charge in [-0.2, -0.15) is 0 Å². The smallest absolute Gasteiger partial charge is 0.790 e. The summed E-state index contributed by atoms with van der Waals surface area (Å²) in [6, 6.07) is 0. The molecule has 0 atom stereocenters. The van der Waals surface area contributed by atoms with Crippen molar-refractivity contribution in [1.82, 2.24) is 0 Å². The minimum Gasteiger partial charge on any atom is -0.790 e. The average molecular weight is 422 g/mol. The van der Waals surface area contributed by atoms with Gasteiger partial charge in [0.1, 0.15) is 0 Å². The summed E-state index contributed by atoms with van der Waals surface area (Å²) in [5, 5.41) is 0. The van der Waals surface area contributed by atoms with Crippen LogP contribution in [0.15, 0.2) is 0 Å². The summed E-state index contributed by atoms with van der Waals surface area (Å²) >= 11 is 0. The largest absolute Gasteiger partial charge is 1.00 e. The first kappa shape index (κ1) is 33.7. The predicted molar refractivity (Wildman–Crippen MR) is 102 cm³/mol. The van der Waals surface area contributed by atoms with E-state index in [1.807, 2.05) is 0 Å². The fourth-order valence-electron chi connectivity index (χ4n) is 3.18. The van der Waals surface area contributed by atoms with E-state index in [0.29, 0.717) is 6.42 Å². The van der Waals surface area contributed by atoms with E-state index in [9.17, 15) is 14.4 Å². The van der Waals surface area contributed by atoms with Gasteiger partial charge in [0.15, 0.2) is 0 Å². The van der Waals surface area contributed by atoms with E-state index in [1.54, 1.807) is 0 Å². The van der Waals surface area contributed by atoms with Crippen molar-refractivity contribution < 1.29 is 78.0 Å². The molecule has 0 saturated heterocycles. The van der Waals surface area contributed by atoms with Crippen molar-refractivity contribution >= 4 is 7.82 Å². The van der Waals surface area contributed by atoms with E-state index >= 15 is 0 Å². The van der Waals surface area contributed by atoms with Crippen LogP contribution in [0.1, 0.15) is 122 Å². The van der Waals surface area contributed by atoms with Crippen LogP contribution >= 0.6 is 7.82 Å². The van der Waals surface area contributed by atoms with Crippen molar-refractivity contribution in [3.63, 3.8) is 0 Å². The van der Waals surface area contributed by atoms with Gasteiger partial charge in [-0.25, -0.2) is 0 Å². The Hall–Kier alpha value is 2.11. The summed E-state index contributed by atoms with van der Waals surface area (Å²) in [7, 11) is -4.76. The molecule has 0 amide bonds. The van der Waals surface area contributed by atoms with Crippen molar-refractivity contribution in [2.24, 2.45) is 0 Å². The third kappa shape index (κ3) is 33.0. The zero-order chi connectivity index (χ0) is 18.6. The van der Waals surface area contributed by atoms with Crippen molar-refractivity contribution in [3.05, 3.63) is 0 Å². The van der Waals surface area contributed by atoms with Gasteiger partial charge >= 0.3 is 59.1 Å². The molecular weight excluding hydrogens is 381 g/mol. The first-order valence-electron chi connectivity index (χ1n) is 10.7. The van der Waals surface area contributed by atoms with Crippen LogP contribution in [-0.4, -0.2) is 6.61 Å². The second-order valence-corrected chi connectivity index (χ2v) is 8.44. The number of phosphoric acid groups is 1. The summed E-state index contributed by atoms with van der Waals surface area (Å²) in [4.78, 5) is 20.5. The molecule has 4 nitrogen and oxygen atoms in total. The Bertz CT molecular complexity index is 314. The van der Waals surface area contributed by atoms with Gasteiger partial charge in [-0.1, -0.05) is 116 Å². The molecule has 0 spiro atoms. The Labute approximate surface area is 213 Å². The van der Waals surface area contributed by atoms with Gasteiger partial charge in [-0.3, -0.25) is 0 Å². The monoisotopic (exact) mass is 422 g/mol. The number of rotatable bonds is 20. The van der Waals surface area contributed by atoms with Crippen LogP contribution in [0.5, 0.6) is 0 Å². The molecule has 27 heavy (non-hydrogen) atoms. The van der Waals surface area contributed by atoms with Crippen LogP contribution in [-0.2, 0) is 9.09 Å². The number of hydrogen-bond donors (Lipinski definition) is 0. The van der Waals surface area contributed by atoms with Crippen LogP contribution in [0.3, 0.4) is 0 Å².